The van der Waals surface area contributed by atoms with E-state index in [1.165, 1.54) is 25.7 Å². The maximum atomic E-state index is 12.3. The van der Waals surface area contributed by atoms with Crippen molar-refractivity contribution in [1.29, 1.82) is 0 Å². The first-order valence-electron chi connectivity index (χ1n) is 8.65. The van der Waals surface area contributed by atoms with Crippen LogP contribution in [-0.2, 0) is 17.6 Å². The lowest BCUT2D eigenvalue weighted by Crippen LogP contribution is -2.16. The Morgan fingerprint density at radius 1 is 1.26 bits per heavy atom. The van der Waals surface area contributed by atoms with Crippen molar-refractivity contribution in [2.75, 3.05) is 5.32 Å². The van der Waals surface area contributed by atoms with Crippen LogP contribution in [0.5, 0.6) is 0 Å². The summed E-state index contributed by atoms with van der Waals surface area (Å²) in [7, 11) is 0. The summed E-state index contributed by atoms with van der Waals surface area (Å²) in [4.78, 5) is 23.1. The van der Waals surface area contributed by atoms with Crippen LogP contribution in [0, 0.1) is 16.0 Å². The van der Waals surface area contributed by atoms with Crippen LogP contribution in [0.15, 0.2) is 12.1 Å². The number of nitro groups is 1. The quantitative estimate of drug-likeness (QED) is 0.588. The lowest BCUT2D eigenvalue weighted by molar-refractivity contribution is -0.385. The highest BCUT2D eigenvalue weighted by atomic mass is 16.6. The molecule has 2 rings (SSSR count). The number of anilines is 1. The largest absolute Gasteiger partial charge is 0.325 e. The molecule has 1 aliphatic rings. The second-order valence-electron chi connectivity index (χ2n) is 6.30. The molecule has 1 fully saturated rings. The molecular formula is C18H26N2O3. The Kier molecular flexibility index (Phi) is 6.13. The summed E-state index contributed by atoms with van der Waals surface area (Å²) in [5, 5.41) is 14.2. The molecule has 1 aromatic rings. The van der Waals surface area contributed by atoms with E-state index in [2.05, 4.69) is 5.32 Å². The van der Waals surface area contributed by atoms with Crippen molar-refractivity contribution in [3.63, 3.8) is 0 Å². The average Bonchev–Trinajstić information content (AvgIpc) is 3.05. The SMILES string of the molecule is CCc1ccc([N+](=O)[O-])c(CC)c1NC(=O)CCC1CCCC1. The van der Waals surface area contributed by atoms with Crippen LogP contribution in [0.25, 0.3) is 0 Å². The average molecular weight is 318 g/mol. The highest BCUT2D eigenvalue weighted by Crippen LogP contribution is 2.32. The zero-order valence-corrected chi connectivity index (χ0v) is 14.1. The Bertz CT molecular complexity index is 578. The highest BCUT2D eigenvalue weighted by Gasteiger charge is 2.21. The minimum Gasteiger partial charge on any atom is -0.325 e. The van der Waals surface area contributed by atoms with E-state index in [4.69, 9.17) is 0 Å². The molecule has 23 heavy (non-hydrogen) atoms. The first-order chi connectivity index (χ1) is 11.1. The fourth-order valence-electron chi connectivity index (χ4n) is 3.50. The number of hydrogen-bond acceptors (Lipinski definition) is 3. The van der Waals surface area contributed by atoms with Crippen LogP contribution in [-0.4, -0.2) is 10.8 Å². The molecule has 1 saturated carbocycles. The molecular weight excluding hydrogens is 292 g/mol. The third-order valence-electron chi connectivity index (χ3n) is 4.82. The zero-order chi connectivity index (χ0) is 16.8. The predicted octanol–water partition coefficient (Wildman–Crippen LogP) is 4.63. The van der Waals surface area contributed by atoms with Gasteiger partial charge in [0.05, 0.1) is 16.2 Å². The van der Waals surface area contributed by atoms with E-state index >= 15 is 0 Å². The third-order valence-corrected chi connectivity index (χ3v) is 4.82. The Morgan fingerprint density at radius 2 is 1.96 bits per heavy atom. The van der Waals surface area contributed by atoms with Gasteiger partial charge in [0.2, 0.25) is 5.91 Å². The Labute approximate surface area is 137 Å². The van der Waals surface area contributed by atoms with E-state index in [1.54, 1.807) is 12.1 Å². The van der Waals surface area contributed by atoms with Gasteiger partial charge in [-0.3, -0.25) is 14.9 Å². The summed E-state index contributed by atoms with van der Waals surface area (Å²) in [6.07, 6.45) is 7.69. The number of carbonyl (C=O) groups excluding carboxylic acids is 1. The first kappa shape index (κ1) is 17.4. The van der Waals surface area contributed by atoms with Gasteiger partial charge in [-0.15, -0.1) is 0 Å². The van der Waals surface area contributed by atoms with Crippen LogP contribution in [0.4, 0.5) is 11.4 Å². The second-order valence-corrected chi connectivity index (χ2v) is 6.30. The van der Waals surface area contributed by atoms with E-state index in [9.17, 15) is 14.9 Å². The predicted molar refractivity (Wildman–Crippen MR) is 91.7 cm³/mol. The molecule has 1 aromatic carbocycles. The molecule has 0 heterocycles. The monoisotopic (exact) mass is 318 g/mol. The van der Waals surface area contributed by atoms with E-state index < -0.39 is 0 Å². The molecule has 126 valence electrons. The molecule has 0 atom stereocenters. The molecule has 1 N–H and O–H groups in total. The summed E-state index contributed by atoms with van der Waals surface area (Å²) in [6, 6.07) is 3.30. The number of amides is 1. The van der Waals surface area contributed by atoms with Crippen LogP contribution in [0.3, 0.4) is 0 Å². The molecule has 0 radical (unpaired) electrons. The maximum absolute atomic E-state index is 12.3. The number of aryl methyl sites for hydroxylation is 1. The third kappa shape index (κ3) is 4.30. The zero-order valence-electron chi connectivity index (χ0n) is 14.1. The molecule has 0 saturated heterocycles. The van der Waals surface area contributed by atoms with Crippen molar-refractivity contribution < 1.29 is 9.72 Å². The van der Waals surface area contributed by atoms with Crippen LogP contribution in [0.1, 0.15) is 63.5 Å². The van der Waals surface area contributed by atoms with Gasteiger partial charge in [-0.2, -0.15) is 0 Å². The van der Waals surface area contributed by atoms with Crippen molar-refractivity contribution in [3.05, 3.63) is 33.4 Å². The molecule has 1 aliphatic carbocycles. The van der Waals surface area contributed by atoms with Crippen molar-refractivity contribution in [3.8, 4) is 0 Å². The summed E-state index contributed by atoms with van der Waals surface area (Å²) in [6.45, 7) is 3.88. The lowest BCUT2D eigenvalue weighted by Gasteiger charge is -2.15. The number of benzene rings is 1. The van der Waals surface area contributed by atoms with Gasteiger partial charge >= 0.3 is 0 Å². The minimum absolute atomic E-state index is 0.0261. The highest BCUT2D eigenvalue weighted by molar-refractivity contribution is 5.93. The van der Waals surface area contributed by atoms with Crippen molar-refractivity contribution in [1.82, 2.24) is 0 Å². The molecule has 0 unspecified atom stereocenters. The van der Waals surface area contributed by atoms with Gasteiger partial charge in [-0.25, -0.2) is 0 Å². The smallest absolute Gasteiger partial charge is 0.274 e. The van der Waals surface area contributed by atoms with Gasteiger partial charge in [0.1, 0.15) is 0 Å². The first-order valence-corrected chi connectivity index (χ1v) is 8.65. The molecule has 1 amide bonds. The summed E-state index contributed by atoms with van der Waals surface area (Å²) >= 11 is 0. The Hall–Kier alpha value is -1.91. The molecule has 5 nitrogen and oxygen atoms in total. The molecule has 0 spiro atoms. The molecule has 0 bridgehead atoms. The number of carbonyl (C=O) groups is 1. The number of nitrogens with one attached hydrogen (secondary N) is 1. The van der Waals surface area contributed by atoms with Gasteiger partial charge in [0.25, 0.3) is 5.69 Å². The van der Waals surface area contributed by atoms with Gasteiger partial charge in [0, 0.05) is 12.5 Å². The summed E-state index contributed by atoms with van der Waals surface area (Å²) in [5.74, 6) is 0.643. The van der Waals surface area contributed by atoms with Crippen molar-refractivity contribution in [2.24, 2.45) is 5.92 Å². The van der Waals surface area contributed by atoms with Gasteiger partial charge < -0.3 is 5.32 Å². The van der Waals surface area contributed by atoms with E-state index in [0.29, 0.717) is 30.0 Å². The topological polar surface area (TPSA) is 72.2 Å². The number of nitrogens with zero attached hydrogens (tertiary/aromatic N) is 1. The summed E-state index contributed by atoms with van der Waals surface area (Å²) in [5.41, 5.74) is 2.33. The van der Waals surface area contributed by atoms with Crippen molar-refractivity contribution in [2.45, 2.75) is 65.2 Å². The van der Waals surface area contributed by atoms with Crippen LogP contribution >= 0.6 is 0 Å². The van der Waals surface area contributed by atoms with E-state index in [-0.39, 0.29) is 16.5 Å². The Morgan fingerprint density at radius 3 is 2.52 bits per heavy atom. The lowest BCUT2D eigenvalue weighted by atomic mass is 9.99. The fourth-order valence-corrected chi connectivity index (χ4v) is 3.50. The minimum atomic E-state index is -0.369. The van der Waals surface area contributed by atoms with E-state index in [1.807, 2.05) is 13.8 Å². The standard InChI is InChI=1S/C18H26N2O3/c1-3-14-10-11-16(20(22)23)15(4-2)18(14)19-17(21)12-9-13-7-5-6-8-13/h10-11,13H,3-9,12H2,1-2H3,(H,19,21). The van der Waals surface area contributed by atoms with Crippen LogP contribution < -0.4 is 5.32 Å². The summed E-state index contributed by atoms with van der Waals surface area (Å²) < 4.78 is 0. The maximum Gasteiger partial charge on any atom is 0.274 e. The number of nitro benzene ring substituents is 1. The normalized spacial score (nSPS) is 14.9. The number of hydrogen-bond donors (Lipinski definition) is 1. The molecule has 0 aromatic heterocycles. The van der Waals surface area contributed by atoms with E-state index in [0.717, 1.165) is 18.4 Å². The van der Waals surface area contributed by atoms with Crippen LogP contribution in [0.2, 0.25) is 0 Å². The molecule has 0 aliphatic heterocycles. The van der Waals surface area contributed by atoms with Crippen molar-refractivity contribution >= 4 is 17.3 Å². The second kappa shape index (κ2) is 8.09. The van der Waals surface area contributed by atoms with Gasteiger partial charge in [0.15, 0.2) is 0 Å². The van der Waals surface area contributed by atoms with Gasteiger partial charge in [-0.1, -0.05) is 45.6 Å². The van der Waals surface area contributed by atoms with Gasteiger partial charge in [-0.05, 0) is 30.7 Å². The number of rotatable bonds is 7. The molecule has 5 heteroatoms. The fraction of sp³-hybridized carbons (Fsp3) is 0.611. The Balaban J connectivity index is 2.14.